The van der Waals surface area contributed by atoms with Gasteiger partial charge in [0.05, 0.1) is 23.0 Å². The average Bonchev–Trinajstić information content (AvgIpc) is 2.92. The van der Waals surface area contributed by atoms with Gasteiger partial charge in [-0.25, -0.2) is 0 Å². The van der Waals surface area contributed by atoms with Crippen LogP contribution in [0.1, 0.15) is 24.7 Å². The minimum Gasteiger partial charge on any atom is -0.381 e. The largest absolute Gasteiger partial charge is 0.381 e. The highest BCUT2D eigenvalue weighted by atomic mass is 35.5. The van der Waals surface area contributed by atoms with E-state index in [0.29, 0.717) is 5.92 Å². The van der Waals surface area contributed by atoms with Crippen molar-refractivity contribution < 1.29 is 4.74 Å². The second-order valence-electron chi connectivity index (χ2n) is 4.65. The summed E-state index contributed by atoms with van der Waals surface area (Å²) in [4.78, 5) is 0. The second-order valence-corrected chi connectivity index (χ2v) is 5.03. The number of ether oxygens (including phenoxy) is 1. The van der Waals surface area contributed by atoms with Crippen LogP contribution >= 0.6 is 11.6 Å². The topological polar surface area (TPSA) is 53.1 Å². The molecule has 17 heavy (non-hydrogen) atoms. The fraction of sp³-hybridized carbons (Fsp3) is 0.750. The van der Waals surface area contributed by atoms with Gasteiger partial charge in [-0.15, -0.1) is 0 Å². The first-order valence-corrected chi connectivity index (χ1v) is 6.56. The van der Waals surface area contributed by atoms with Crippen molar-refractivity contribution in [2.75, 3.05) is 13.2 Å². The Morgan fingerprint density at radius 3 is 3.00 bits per heavy atom. The predicted molar refractivity (Wildman–Crippen MR) is 68.3 cm³/mol. The lowest BCUT2D eigenvalue weighted by molar-refractivity contribution is 0.180. The molecule has 0 saturated carbocycles. The molecule has 1 aromatic rings. The summed E-state index contributed by atoms with van der Waals surface area (Å²) in [6, 6.07) is 0.108. The smallest absolute Gasteiger partial charge is 0.0847 e. The summed E-state index contributed by atoms with van der Waals surface area (Å²) >= 11 is 6.27. The van der Waals surface area contributed by atoms with Gasteiger partial charge in [0.2, 0.25) is 0 Å². The van der Waals surface area contributed by atoms with E-state index in [1.54, 1.807) is 0 Å². The van der Waals surface area contributed by atoms with Crippen molar-refractivity contribution in [2.24, 2.45) is 11.7 Å². The summed E-state index contributed by atoms with van der Waals surface area (Å²) < 4.78 is 7.32. The Hall–Kier alpha value is -0.580. The first-order valence-electron chi connectivity index (χ1n) is 6.18. The second kappa shape index (κ2) is 5.38. The maximum Gasteiger partial charge on any atom is 0.0847 e. The van der Waals surface area contributed by atoms with Crippen LogP contribution in [0, 0.1) is 12.8 Å². The van der Waals surface area contributed by atoms with Gasteiger partial charge in [-0.05, 0) is 26.2 Å². The van der Waals surface area contributed by atoms with E-state index in [2.05, 4.69) is 12.0 Å². The molecule has 2 N–H and O–H groups in total. The molecule has 96 valence electrons. The molecule has 0 aliphatic carbocycles. The average molecular weight is 258 g/mol. The van der Waals surface area contributed by atoms with Gasteiger partial charge in [-0.1, -0.05) is 11.6 Å². The zero-order valence-corrected chi connectivity index (χ0v) is 11.2. The van der Waals surface area contributed by atoms with Gasteiger partial charge in [0, 0.05) is 25.6 Å². The normalized spacial score (nSPS) is 22.0. The summed E-state index contributed by atoms with van der Waals surface area (Å²) in [6.07, 6.45) is 1.83. The number of hydrogen-bond donors (Lipinski definition) is 1. The first-order chi connectivity index (χ1) is 8.13. The fourth-order valence-electron chi connectivity index (χ4n) is 2.34. The van der Waals surface area contributed by atoms with Crippen LogP contribution in [-0.4, -0.2) is 29.0 Å². The molecule has 0 amide bonds. The number of nitrogens with zero attached hydrogens (tertiary/aromatic N) is 2. The molecule has 0 aromatic carbocycles. The van der Waals surface area contributed by atoms with Crippen LogP contribution in [0.2, 0.25) is 5.02 Å². The number of nitrogens with two attached hydrogens (primary N) is 1. The Bertz CT molecular complexity index is 385. The van der Waals surface area contributed by atoms with Crippen LogP contribution in [0.5, 0.6) is 0 Å². The van der Waals surface area contributed by atoms with Gasteiger partial charge in [0.15, 0.2) is 0 Å². The lowest BCUT2D eigenvalue weighted by Gasteiger charge is -2.18. The Balaban J connectivity index is 2.11. The zero-order valence-electron chi connectivity index (χ0n) is 10.4. The molecule has 2 unspecified atom stereocenters. The van der Waals surface area contributed by atoms with Gasteiger partial charge in [0.25, 0.3) is 0 Å². The molecule has 2 rings (SSSR count). The van der Waals surface area contributed by atoms with E-state index < -0.39 is 0 Å². The Morgan fingerprint density at radius 1 is 1.65 bits per heavy atom. The Morgan fingerprint density at radius 2 is 2.41 bits per heavy atom. The third kappa shape index (κ3) is 2.64. The fourth-order valence-corrected chi connectivity index (χ4v) is 2.56. The highest BCUT2D eigenvalue weighted by Crippen LogP contribution is 2.24. The standard InChI is InChI=1S/C12H20ClN3O/c1-3-16-11(12(13)8(2)15-16)6-10(14)9-4-5-17-7-9/h9-10H,3-7,14H2,1-2H3. The summed E-state index contributed by atoms with van der Waals surface area (Å²) in [6.45, 7) is 6.44. The SMILES string of the molecule is CCn1nc(C)c(Cl)c1CC(N)C1CCOC1. The molecule has 5 heteroatoms. The van der Waals surface area contributed by atoms with Crippen molar-refractivity contribution >= 4 is 11.6 Å². The van der Waals surface area contributed by atoms with Crippen molar-refractivity contribution in [3.8, 4) is 0 Å². The van der Waals surface area contributed by atoms with E-state index in [9.17, 15) is 0 Å². The molecule has 2 heterocycles. The maximum atomic E-state index is 6.27. The molecule has 1 fully saturated rings. The summed E-state index contributed by atoms with van der Waals surface area (Å²) in [7, 11) is 0. The molecule has 4 nitrogen and oxygen atoms in total. The van der Waals surface area contributed by atoms with E-state index in [4.69, 9.17) is 22.1 Å². The number of aromatic nitrogens is 2. The van der Waals surface area contributed by atoms with Crippen LogP contribution in [-0.2, 0) is 17.7 Å². The van der Waals surface area contributed by atoms with Gasteiger partial charge in [-0.2, -0.15) is 5.10 Å². The maximum absolute atomic E-state index is 6.27. The molecule has 1 aromatic heterocycles. The molecular formula is C12H20ClN3O. The van der Waals surface area contributed by atoms with Crippen molar-refractivity contribution in [3.05, 3.63) is 16.4 Å². The van der Waals surface area contributed by atoms with Gasteiger partial charge >= 0.3 is 0 Å². The van der Waals surface area contributed by atoms with Crippen molar-refractivity contribution in [1.82, 2.24) is 9.78 Å². The number of halogens is 1. The summed E-state index contributed by atoms with van der Waals surface area (Å²) in [5.74, 6) is 0.451. The van der Waals surface area contributed by atoms with Gasteiger partial charge in [0.1, 0.15) is 0 Å². The molecule has 0 bridgehead atoms. The summed E-state index contributed by atoms with van der Waals surface area (Å²) in [5.41, 5.74) is 8.18. The molecule has 1 aliphatic rings. The summed E-state index contributed by atoms with van der Waals surface area (Å²) in [5, 5.41) is 5.17. The highest BCUT2D eigenvalue weighted by Gasteiger charge is 2.25. The van der Waals surface area contributed by atoms with Crippen LogP contribution in [0.3, 0.4) is 0 Å². The van der Waals surface area contributed by atoms with Crippen molar-refractivity contribution in [2.45, 2.75) is 39.3 Å². The quantitative estimate of drug-likeness (QED) is 0.895. The number of hydrogen-bond acceptors (Lipinski definition) is 3. The van der Waals surface area contributed by atoms with E-state index in [1.165, 1.54) is 0 Å². The van der Waals surface area contributed by atoms with Gasteiger partial charge < -0.3 is 10.5 Å². The lowest BCUT2D eigenvalue weighted by Crippen LogP contribution is -2.33. The first kappa shape index (κ1) is 12.9. The van der Waals surface area contributed by atoms with Crippen molar-refractivity contribution in [1.29, 1.82) is 0 Å². The molecular weight excluding hydrogens is 238 g/mol. The molecule has 1 saturated heterocycles. The van der Waals surface area contributed by atoms with Gasteiger partial charge in [-0.3, -0.25) is 4.68 Å². The highest BCUT2D eigenvalue weighted by molar-refractivity contribution is 6.31. The lowest BCUT2D eigenvalue weighted by atomic mass is 9.96. The van der Waals surface area contributed by atoms with E-state index in [0.717, 1.165) is 49.0 Å². The van der Waals surface area contributed by atoms with E-state index in [1.807, 2.05) is 11.6 Å². The third-order valence-electron chi connectivity index (χ3n) is 3.45. The van der Waals surface area contributed by atoms with E-state index >= 15 is 0 Å². The third-order valence-corrected chi connectivity index (χ3v) is 3.94. The molecule has 2 atom stereocenters. The Kier molecular flexibility index (Phi) is 4.07. The predicted octanol–water partition coefficient (Wildman–Crippen LogP) is 1.77. The monoisotopic (exact) mass is 257 g/mol. The minimum absolute atomic E-state index is 0.108. The molecule has 0 radical (unpaired) electrons. The number of rotatable bonds is 4. The zero-order chi connectivity index (χ0) is 12.4. The van der Waals surface area contributed by atoms with Crippen molar-refractivity contribution in [3.63, 3.8) is 0 Å². The molecule has 1 aliphatic heterocycles. The number of aryl methyl sites for hydroxylation is 2. The minimum atomic E-state index is 0.108. The van der Waals surface area contributed by atoms with Crippen LogP contribution in [0.4, 0.5) is 0 Å². The Labute approximate surface area is 107 Å². The molecule has 0 spiro atoms. The van der Waals surface area contributed by atoms with Crippen LogP contribution in [0.15, 0.2) is 0 Å². The van der Waals surface area contributed by atoms with E-state index in [-0.39, 0.29) is 6.04 Å². The van der Waals surface area contributed by atoms with Crippen LogP contribution in [0.25, 0.3) is 0 Å². The van der Waals surface area contributed by atoms with Crippen LogP contribution < -0.4 is 5.73 Å².